The van der Waals surface area contributed by atoms with Crippen LogP contribution in [0, 0.1) is 0 Å². The minimum atomic E-state index is -0.0477. The van der Waals surface area contributed by atoms with Crippen molar-refractivity contribution in [3.8, 4) is 0 Å². The van der Waals surface area contributed by atoms with Crippen molar-refractivity contribution < 1.29 is 0 Å². The Labute approximate surface area is 140 Å². The van der Waals surface area contributed by atoms with Gasteiger partial charge in [0.1, 0.15) is 18.0 Å². The lowest BCUT2D eigenvalue weighted by atomic mass is 10.2. The molecule has 0 unspecified atom stereocenters. The first-order valence-electron chi connectivity index (χ1n) is 8.64. The molecular weight excluding hydrogens is 304 g/mol. The molecule has 7 heteroatoms. The summed E-state index contributed by atoms with van der Waals surface area (Å²) in [5.74, 6) is 2.54. The van der Waals surface area contributed by atoms with E-state index >= 15 is 0 Å². The minimum Gasteiger partial charge on any atom is -0.353 e. The summed E-state index contributed by atoms with van der Waals surface area (Å²) >= 11 is 0. The van der Waals surface area contributed by atoms with Gasteiger partial charge in [-0.15, -0.1) is 0 Å². The number of rotatable bonds is 4. The smallest absolute Gasteiger partial charge is 0.266 e. The van der Waals surface area contributed by atoms with Crippen molar-refractivity contribution in [1.29, 1.82) is 0 Å². The molecule has 0 radical (unpaired) electrons. The van der Waals surface area contributed by atoms with Gasteiger partial charge in [-0.1, -0.05) is 0 Å². The first kappa shape index (κ1) is 15.1. The number of nitrogens with zero attached hydrogens (tertiary/aromatic N) is 6. The molecule has 0 aromatic carbocycles. The Hall–Kier alpha value is -2.44. The highest BCUT2D eigenvalue weighted by Crippen LogP contribution is 2.39. The van der Waals surface area contributed by atoms with Gasteiger partial charge >= 0.3 is 0 Å². The van der Waals surface area contributed by atoms with Gasteiger partial charge in [-0.3, -0.25) is 4.79 Å². The first-order chi connectivity index (χ1) is 11.7. The third-order valence-corrected chi connectivity index (χ3v) is 4.75. The van der Waals surface area contributed by atoms with Crippen LogP contribution in [0.1, 0.15) is 31.4 Å². The molecule has 3 heterocycles. The second-order valence-electron chi connectivity index (χ2n) is 6.39. The Morgan fingerprint density at radius 1 is 1.04 bits per heavy atom. The summed E-state index contributed by atoms with van der Waals surface area (Å²) in [7, 11) is 0. The molecular formula is C17H22N6O. The summed E-state index contributed by atoms with van der Waals surface area (Å²) < 4.78 is 1.51. The van der Waals surface area contributed by atoms with E-state index in [-0.39, 0.29) is 5.56 Å². The van der Waals surface area contributed by atoms with E-state index in [9.17, 15) is 4.79 Å². The van der Waals surface area contributed by atoms with Gasteiger partial charge in [-0.05, 0) is 25.8 Å². The van der Waals surface area contributed by atoms with Crippen LogP contribution in [0.25, 0.3) is 0 Å². The van der Waals surface area contributed by atoms with E-state index in [2.05, 4.69) is 30.9 Å². The van der Waals surface area contributed by atoms with Gasteiger partial charge in [-0.25, -0.2) is 14.6 Å². The third kappa shape index (κ3) is 2.98. The van der Waals surface area contributed by atoms with Crippen LogP contribution in [-0.4, -0.2) is 45.9 Å². The van der Waals surface area contributed by atoms with Crippen molar-refractivity contribution in [3.63, 3.8) is 0 Å². The number of piperazine rings is 1. The molecule has 126 valence electrons. The SMILES string of the molecule is CCn1nc(N2CCN(c3cc(C4CC4)ncn3)CC2)ccc1=O. The van der Waals surface area contributed by atoms with Crippen LogP contribution in [0.4, 0.5) is 11.6 Å². The highest BCUT2D eigenvalue weighted by Gasteiger charge is 2.26. The number of aromatic nitrogens is 4. The number of hydrogen-bond donors (Lipinski definition) is 0. The topological polar surface area (TPSA) is 67.2 Å². The third-order valence-electron chi connectivity index (χ3n) is 4.75. The Kier molecular flexibility index (Phi) is 3.92. The summed E-state index contributed by atoms with van der Waals surface area (Å²) in [6, 6.07) is 5.56. The maximum Gasteiger partial charge on any atom is 0.266 e. The quantitative estimate of drug-likeness (QED) is 0.842. The molecule has 4 rings (SSSR count). The van der Waals surface area contributed by atoms with Crippen molar-refractivity contribution >= 4 is 11.6 Å². The van der Waals surface area contributed by atoms with Crippen molar-refractivity contribution in [2.75, 3.05) is 36.0 Å². The van der Waals surface area contributed by atoms with E-state index in [1.165, 1.54) is 23.2 Å². The molecule has 0 atom stereocenters. The second-order valence-corrected chi connectivity index (χ2v) is 6.39. The Bertz CT molecular complexity index is 777. The Morgan fingerprint density at radius 2 is 1.75 bits per heavy atom. The van der Waals surface area contributed by atoms with Gasteiger partial charge in [0.2, 0.25) is 0 Å². The van der Waals surface area contributed by atoms with Crippen LogP contribution in [0.5, 0.6) is 0 Å². The zero-order chi connectivity index (χ0) is 16.5. The predicted molar refractivity (Wildman–Crippen MR) is 92.6 cm³/mol. The van der Waals surface area contributed by atoms with Crippen LogP contribution in [-0.2, 0) is 6.54 Å². The Balaban J connectivity index is 1.45. The lowest BCUT2D eigenvalue weighted by Crippen LogP contribution is -2.47. The maximum atomic E-state index is 11.7. The zero-order valence-electron chi connectivity index (χ0n) is 13.9. The fourth-order valence-corrected chi connectivity index (χ4v) is 3.13. The molecule has 1 aliphatic heterocycles. The van der Waals surface area contributed by atoms with Gasteiger partial charge in [0.25, 0.3) is 5.56 Å². The number of hydrogen-bond acceptors (Lipinski definition) is 6. The standard InChI is InChI=1S/C17H22N6O/c1-2-23-17(24)6-5-15(20-23)21-7-9-22(10-8-21)16-11-14(13-3-4-13)18-12-19-16/h5-6,11-13H,2-4,7-10H2,1H3. The molecule has 2 fully saturated rings. The van der Waals surface area contributed by atoms with Crippen molar-refractivity contribution in [1.82, 2.24) is 19.7 Å². The van der Waals surface area contributed by atoms with Crippen molar-refractivity contribution in [2.24, 2.45) is 0 Å². The highest BCUT2D eigenvalue weighted by molar-refractivity contribution is 5.45. The number of aryl methyl sites for hydroxylation is 1. The molecule has 0 amide bonds. The van der Waals surface area contributed by atoms with E-state index in [1.54, 1.807) is 12.4 Å². The summed E-state index contributed by atoms with van der Waals surface area (Å²) in [6.07, 6.45) is 4.19. The lowest BCUT2D eigenvalue weighted by molar-refractivity contribution is 0.587. The fraction of sp³-hybridized carbons (Fsp3) is 0.529. The van der Waals surface area contributed by atoms with Gasteiger partial charge in [0.15, 0.2) is 0 Å². The summed E-state index contributed by atoms with van der Waals surface area (Å²) in [5.41, 5.74) is 1.13. The monoisotopic (exact) mass is 326 g/mol. The van der Waals surface area contributed by atoms with Crippen molar-refractivity contribution in [3.05, 3.63) is 40.6 Å². The van der Waals surface area contributed by atoms with E-state index in [0.29, 0.717) is 12.5 Å². The largest absolute Gasteiger partial charge is 0.353 e. The molecule has 2 aliphatic rings. The van der Waals surface area contributed by atoms with Crippen LogP contribution >= 0.6 is 0 Å². The van der Waals surface area contributed by atoms with Crippen LogP contribution < -0.4 is 15.4 Å². The average molecular weight is 326 g/mol. The van der Waals surface area contributed by atoms with Gasteiger partial charge in [-0.2, -0.15) is 5.10 Å². The summed E-state index contributed by atoms with van der Waals surface area (Å²) in [5, 5.41) is 4.44. The predicted octanol–water partition coefficient (Wildman–Crippen LogP) is 1.26. The van der Waals surface area contributed by atoms with E-state index in [4.69, 9.17) is 0 Å². The Morgan fingerprint density at radius 3 is 2.42 bits per heavy atom. The van der Waals surface area contributed by atoms with Gasteiger partial charge in [0.05, 0.1) is 0 Å². The molecule has 7 nitrogen and oxygen atoms in total. The molecule has 2 aromatic rings. The molecule has 0 bridgehead atoms. The van der Waals surface area contributed by atoms with Crippen LogP contribution in [0.2, 0.25) is 0 Å². The molecule has 24 heavy (non-hydrogen) atoms. The maximum absolute atomic E-state index is 11.7. The van der Waals surface area contributed by atoms with E-state index in [0.717, 1.165) is 37.8 Å². The zero-order valence-corrected chi connectivity index (χ0v) is 13.9. The van der Waals surface area contributed by atoms with Crippen molar-refractivity contribution in [2.45, 2.75) is 32.2 Å². The van der Waals surface area contributed by atoms with Crippen LogP contribution in [0.15, 0.2) is 29.3 Å². The van der Waals surface area contributed by atoms with E-state index < -0.39 is 0 Å². The lowest BCUT2D eigenvalue weighted by Gasteiger charge is -2.36. The van der Waals surface area contributed by atoms with Gasteiger partial charge < -0.3 is 9.80 Å². The molecule has 1 saturated carbocycles. The second kappa shape index (κ2) is 6.22. The average Bonchev–Trinajstić information content (AvgIpc) is 3.48. The molecule has 1 saturated heterocycles. The fourth-order valence-electron chi connectivity index (χ4n) is 3.13. The van der Waals surface area contributed by atoms with Gasteiger partial charge in [0, 0.05) is 56.5 Å². The molecule has 1 aliphatic carbocycles. The normalized spacial score (nSPS) is 18.0. The molecule has 2 aromatic heterocycles. The summed E-state index contributed by atoms with van der Waals surface area (Å²) in [6.45, 7) is 6.07. The highest BCUT2D eigenvalue weighted by atomic mass is 16.1. The first-order valence-corrected chi connectivity index (χ1v) is 8.64. The number of anilines is 2. The molecule has 0 spiro atoms. The van der Waals surface area contributed by atoms with E-state index in [1.807, 2.05) is 13.0 Å². The molecule has 0 N–H and O–H groups in total. The van der Waals surface area contributed by atoms with Crippen LogP contribution in [0.3, 0.4) is 0 Å². The minimum absolute atomic E-state index is 0.0477. The summed E-state index contributed by atoms with van der Waals surface area (Å²) in [4.78, 5) is 25.0.